The van der Waals surface area contributed by atoms with Gasteiger partial charge in [-0.2, -0.15) is 0 Å². The maximum Gasteiger partial charge on any atom is 0.325 e. The molecule has 0 bridgehead atoms. The molecule has 1 aliphatic rings. The summed E-state index contributed by atoms with van der Waals surface area (Å²) in [6.07, 6.45) is 8.39. The monoisotopic (exact) mass is 256 g/mol. The summed E-state index contributed by atoms with van der Waals surface area (Å²) in [6, 6.07) is 8.90. The van der Waals surface area contributed by atoms with Crippen molar-refractivity contribution < 1.29 is 0 Å². The van der Waals surface area contributed by atoms with Crippen LogP contribution >= 0.6 is 0 Å². The molecule has 3 rings (SSSR count). The SMILES string of the molecule is Cc1ccc(C2(CCn3cc[nH]c3=O)CCC2)cc1. The lowest BCUT2D eigenvalue weighted by Crippen LogP contribution is -2.36. The van der Waals surface area contributed by atoms with Gasteiger partial charge in [0.1, 0.15) is 0 Å². The minimum atomic E-state index is -0.00150. The van der Waals surface area contributed by atoms with Crippen molar-refractivity contribution in [2.75, 3.05) is 0 Å². The highest BCUT2D eigenvalue weighted by atomic mass is 16.1. The summed E-state index contributed by atoms with van der Waals surface area (Å²) in [5, 5.41) is 0. The molecule has 1 aromatic heterocycles. The van der Waals surface area contributed by atoms with Crippen LogP contribution in [0.15, 0.2) is 41.5 Å². The quantitative estimate of drug-likeness (QED) is 0.897. The number of hydrogen-bond donors (Lipinski definition) is 1. The molecule has 0 amide bonds. The van der Waals surface area contributed by atoms with Gasteiger partial charge in [0.15, 0.2) is 0 Å². The molecule has 19 heavy (non-hydrogen) atoms. The van der Waals surface area contributed by atoms with E-state index in [-0.39, 0.29) is 5.69 Å². The fourth-order valence-electron chi connectivity index (χ4n) is 3.05. The number of hydrogen-bond acceptors (Lipinski definition) is 1. The number of aromatic nitrogens is 2. The van der Waals surface area contributed by atoms with Gasteiger partial charge in [-0.3, -0.25) is 4.57 Å². The highest BCUT2D eigenvalue weighted by Crippen LogP contribution is 2.46. The molecule has 0 radical (unpaired) electrons. The average Bonchev–Trinajstić information content (AvgIpc) is 2.76. The van der Waals surface area contributed by atoms with Crippen molar-refractivity contribution in [2.45, 2.75) is 44.6 Å². The van der Waals surface area contributed by atoms with Gasteiger partial charge in [-0.25, -0.2) is 4.79 Å². The molecular weight excluding hydrogens is 236 g/mol. The summed E-state index contributed by atoms with van der Waals surface area (Å²) in [5.41, 5.74) is 3.04. The average molecular weight is 256 g/mol. The number of benzene rings is 1. The van der Waals surface area contributed by atoms with Crippen LogP contribution in [0.4, 0.5) is 0 Å². The molecule has 1 aliphatic carbocycles. The van der Waals surface area contributed by atoms with Crippen LogP contribution in [0, 0.1) is 6.92 Å². The molecule has 0 saturated heterocycles. The van der Waals surface area contributed by atoms with Crippen LogP contribution in [0.2, 0.25) is 0 Å². The van der Waals surface area contributed by atoms with E-state index >= 15 is 0 Å². The molecule has 1 aromatic carbocycles. The predicted octanol–water partition coefficient (Wildman–Crippen LogP) is 3.00. The van der Waals surface area contributed by atoms with Crippen molar-refractivity contribution in [1.29, 1.82) is 0 Å². The van der Waals surface area contributed by atoms with Crippen molar-refractivity contribution >= 4 is 0 Å². The summed E-state index contributed by atoms with van der Waals surface area (Å²) >= 11 is 0. The van der Waals surface area contributed by atoms with Crippen molar-refractivity contribution in [3.63, 3.8) is 0 Å². The Bertz CT molecular complexity index is 602. The highest BCUT2D eigenvalue weighted by Gasteiger charge is 2.38. The Hall–Kier alpha value is -1.77. The Morgan fingerprint density at radius 3 is 2.53 bits per heavy atom. The van der Waals surface area contributed by atoms with E-state index in [1.165, 1.54) is 30.4 Å². The van der Waals surface area contributed by atoms with Crippen molar-refractivity contribution in [3.05, 3.63) is 58.3 Å². The number of aromatic amines is 1. The molecule has 0 aliphatic heterocycles. The number of H-pyrrole nitrogens is 1. The Morgan fingerprint density at radius 1 is 1.26 bits per heavy atom. The van der Waals surface area contributed by atoms with Gasteiger partial charge in [-0.1, -0.05) is 36.2 Å². The first-order valence-electron chi connectivity index (χ1n) is 7.01. The summed E-state index contributed by atoms with van der Waals surface area (Å²) in [4.78, 5) is 14.2. The van der Waals surface area contributed by atoms with Crippen molar-refractivity contribution in [1.82, 2.24) is 9.55 Å². The molecule has 1 fully saturated rings. The van der Waals surface area contributed by atoms with E-state index in [4.69, 9.17) is 0 Å². The van der Waals surface area contributed by atoms with Crippen molar-refractivity contribution in [2.24, 2.45) is 0 Å². The third-order valence-electron chi connectivity index (χ3n) is 4.53. The van der Waals surface area contributed by atoms with Gasteiger partial charge >= 0.3 is 5.69 Å². The minimum Gasteiger partial charge on any atom is -0.313 e. The minimum absolute atomic E-state index is 0.00150. The third kappa shape index (κ3) is 2.25. The Kier molecular flexibility index (Phi) is 3.05. The van der Waals surface area contributed by atoms with E-state index in [9.17, 15) is 4.79 Å². The van der Waals surface area contributed by atoms with Gasteiger partial charge in [0.2, 0.25) is 0 Å². The normalized spacial score (nSPS) is 17.1. The smallest absolute Gasteiger partial charge is 0.313 e. The number of nitrogens with zero attached hydrogens (tertiary/aromatic N) is 1. The summed E-state index contributed by atoms with van der Waals surface area (Å²) in [7, 11) is 0. The molecule has 3 heteroatoms. The van der Waals surface area contributed by atoms with Crippen LogP contribution in [-0.2, 0) is 12.0 Å². The van der Waals surface area contributed by atoms with Gasteiger partial charge in [-0.15, -0.1) is 0 Å². The van der Waals surface area contributed by atoms with E-state index < -0.39 is 0 Å². The molecular formula is C16H20N2O. The van der Waals surface area contributed by atoms with Gasteiger partial charge in [0.25, 0.3) is 0 Å². The first kappa shape index (κ1) is 12.3. The first-order chi connectivity index (χ1) is 9.20. The second-order valence-electron chi connectivity index (χ2n) is 5.71. The van der Waals surface area contributed by atoms with Gasteiger partial charge < -0.3 is 4.98 Å². The second-order valence-corrected chi connectivity index (χ2v) is 5.71. The molecule has 1 N–H and O–H groups in total. The predicted molar refractivity (Wildman–Crippen MR) is 76.4 cm³/mol. The standard InChI is InChI=1S/C16H20N2O/c1-13-3-5-14(6-4-13)16(7-2-8-16)9-11-18-12-10-17-15(18)19/h3-6,10,12H,2,7-9,11H2,1H3,(H,17,19). The van der Waals surface area contributed by atoms with Gasteiger partial charge in [0.05, 0.1) is 0 Å². The molecule has 2 aromatic rings. The fraction of sp³-hybridized carbons (Fsp3) is 0.438. The highest BCUT2D eigenvalue weighted by molar-refractivity contribution is 5.30. The third-order valence-corrected chi connectivity index (χ3v) is 4.53. The lowest BCUT2D eigenvalue weighted by atomic mass is 9.62. The summed E-state index contributed by atoms with van der Waals surface area (Å²) in [5.74, 6) is 0. The maximum atomic E-state index is 11.5. The second kappa shape index (κ2) is 4.72. The number of imidazole rings is 1. The topological polar surface area (TPSA) is 37.8 Å². The molecule has 1 heterocycles. The molecule has 1 saturated carbocycles. The summed E-state index contributed by atoms with van der Waals surface area (Å²) in [6.45, 7) is 2.92. The summed E-state index contributed by atoms with van der Waals surface area (Å²) < 4.78 is 1.77. The van der Waals surface area contributed by atoms with Crippen molar-refractivity contribution in [3.8, 4) is 0 Å². The zero-order valence-corrected chi connectivity index (χ0v) is 11.4. The van der Waals surface area contributed by atoms with Crippen LogP contribution in [0.25, 0.3) is 0 Å². The zero-order chi connectivity index (χ0) is 13.3. The van der Waals surface area contributed by atoms with E-state index in [2.05, 4.69) is 36.2 Å². The Balaban J connectivity index is 1.78. The lowest BCUT2D eigenvalue weighted by molar-refractivity contribution is 0.214. The fourth-order valence-corrected chi connectivity index (χ4v) is 3.05. The van der Waals surface area contributed by atoms with E-state index in [0.717, 1.165) is 13.0 Å². The molecule has 3 nitrogen and oxygen atoms in total. The van der Waals surface area contributed by atoms with Crippen LogP contribution in [0.1, 0.15) is 36.8 Å². The number of rotatable bonds is 4. The van der Waals surface area contributed by atoms with Crippen LogP contribution < -0.4 is 5.69 Å². The Labute approximate surface area is 113 Å². The molecule has 0 spiro atoms. The van der Waals surface area contributed by atoms with Gasteiger partial charge in [-0.05, 0) is 37.2 Å². The maximum absolute atomic E-state index is 11.5. The van der Waals surface area contributed by atoms with Crippen LogP contribution in [0.5, 0.6) is 0 Å². The lowest BCUT2D eigenvalue weighted by Gasteiger charge is -2.43. The largest absolute Gasteiger partial charge is 0.325 e. The first-order valence-corrected chi connectivity index (χ1v) is 7.01. The van der Waals surface area contributed by atoms with Crippen LogP contribution in [-0.4, -0.2) is 9.55 Å². The molecule has 100 valence electrons. The zero-order valence-electron chi connectivity index (χ0n) is 11.4. The van der Waals surface area contributed by atoms with Gasteiger partial charge in [0, 0.05) is 18.9 Å². The number of aryl methyl sites for hydroxylation is 2. The molecule has 0 atom stereocenters. The van der Waals surface area contributed by atoms with Crippen LogP contribution in [0.3, 0.4) is 0 Å². The Morgan fingerprint density at radius 2 is 2.00 bits per heavy atom. The van der Waals surface area contributed by atoms with E-state index in [1.807, 2.05) is 6.20 Å². The van der Waals surface area contributed by atoms with E-state index in [1.54, 1.807) is 10.8 Å². The number of nitrogens with one attached hydrogen (secondary N) is 1. The van der Waals surface area contributed by atoms with E-state index in [0.29, 0.717) is 5.41 Å². The molecule has 0 unspecified atom stereocenters.